The molecule has 2 rings (SSSR count). The van der Waals surface area contributed by atoms with Crippen molar-refractivity contribution in [3.8, 4) is 5.75 Å². The Morgan fingerprint density at radius 2 is 1.58 bits per heavy atom. The maximum atomic E-state index is 13.0. The van der Waals surface area contributed by atoms with E-state index >= 15 is 0 Å². The molecule has 1 unspecified atom stereocenters. The maximum absolute atomic E-state index is 13.0. The van der Waals surface area contributed by atoms with Gasteiger partial charge in [-0.2, -0.15) is 0 Å². The average Bonchev–Trinajstić information content (AvgIpc) is 2.39. The molecule has 2 aromatic rings. The topological polar surface area (TPSA) is 43.4 Å². The Balaban J connectivity index is 2.52. The standard InChI is InChI=1S/C15H15O3P/c1-12(16)18-14-10-6-7-11-15(14)19(2,17)13-8-4-3-5-9-13/h3-11H,1-2H3. The lowest BCUT2D eigenvalue weighted by Crippen LogP contribution is -2.18. The van der Waals surface area contributed by atoms with Crippen LogP contribution < -0.4 is 15.3 Å². The van der Waals surface area contributed by atoms with Crippen molar-refractivity contribution in [1.82, 2.24) is 0 Å². The zero-order chi connectivity index (χ0) is 13.9. The molecule has 0 aliphatic carbocycles. The van der Waals surface area contributed by atoms with Crippen LogP contribution in [0.5, 0.6) is 5.75 Å². The summed E-state index contributed by atoms with van der Waals surface area (Å²) in [5.41, 5.74) is 0. The molecular weight excluding hydrogens is 259 g/mol. The number of ether oxygens (including phenoxy) is 1. The van der Waals surface area contributed by atoms with Gasteiger partial charge in [-0.25, -0.2) is 0 Å². The minimum Gasteiger partial charge on any atom is -0.426 e. The lowest BCUT2D eigenvalue weighted by atomic mass is 10.3. The molecule has 0 aliphatic rings. The highest BCUT2D eigenvalue weighted by molar-refractivity contribution is 7.78. The van der Waals surface area contributed by atoms with E-state index in [2.05, 4.69) is 0 Å². The fourth-order valence-electron chi connectivity index (χ4n) is 1.90. The van der Waals surface area contributed by atoms with Crippen molar-refractivity contribution in [2.45, 2.75) is 6.92 Å². The monoisotopic (exact) mass is 274 g/mol. The van der Waals surface area contributed by atoms with Gasteiger partial charge in [0.25, 0.3) is 0 Å². The van der Waals surface area contributed by atoms with Crippen LogP contribution in [-0.4, -0.2) is 12.6 Å². The largest absolute Gasteiger partial charge is 0.426 e. The van der Waals surface area contributed by atoms with E-state index in [0.717, 1.165) is 5.30 Å². The van der Waals surface area contributed by atoms with Crippen LogP contribution in [0.1, 0.15) is 6.92 Å². The molecule has 0 aromatic heterocycles. The number of carbonyl (C=O) groups excluding carboxylic acids is 1. The maximum Gasteiger partial charge on any atom is 0.308 e. The molecule has 98 valence electrons. The van der Waals surface area contributed by atoms with Gasteiger partial charge in [-0.1, -0.05) is 42.5 Å². The van der Waals surface area contributed by atoms with Gasteiger partial charge in [0.2, 0.25) is 0 Å². The van der Waals surface area contributed by atoms with Gasteiger partial charge < -0.3 is 9.30 Å². The van der Waals surface area contributed by atoms with Gasteiger partial charge in [0.15, 0.2) is 0 Å². The molecule has 0 bridgehead atoms. The van der Waals surface area contributed by atoms with Crippen molar-refractivity contribution in [1.29, 1.82) is 0 Å². The van der Waals surface area contributed by atoms with E-state index in [1.54, 1.807) is 30.9 Å². The van der Waals surface area contributed by atoms with E-state index in [1.807, 2.05) is 30.3 Å². The summed E-state index contributed by atoms with van der Waals surface area (Å²) in [6.45, 7) is 3.02. The van der Waals surface area contributed by atoms with E-state index < -0.39 is 13.1 Å². The van der Waals surface area contributed by atoms with Crippen LogP contribution >= 0.6 is 7.14 Å². The van der Waals surface area contributed by atoms with Gasteiger partial charge in [-0.15, -0.1) is 0 Å². The number of esters is 1. The Kier molecular flexibility index (Phi) is 3.87. The first-order chi connectivity index (χ1) is 9.01. The Bertz CT molecular complexity index is 635. The fourth-order valence-corrected chi connectivity index (χ4v) is 3.83. The summed E-state index contributed by atoms with van der Waals surface area (Å²) in [7, 11) is -2.77. The third-order valence-corrected chi connectivity index (χ3v) is 5.40. The van der Waals surface area contributed by atoms with E-state index in [9.17, 15) is 9.36 Å². The minimum atomic E-state index is -2.77. The van der Waals surface area contributed by atoms with Gasteiger partial charge in [0.1, 0.15) is 12.9 Å². The third kappa shape index (κ3) is 2.94. The summed E-state index contributed by atoms with van der Waals surface area (Å²) in [5.74, 6) is -0.0507. The molecule has 3 nitrogen and oxygen atoms in total. The Morgan fingerprint density at radius 1 is 1.00 bits per heavy atom. The molecule has 2 aromatic carbocycles. The van der Waals surface area contributed by atoms with Crippen molar-refractivity contribution in [3.05, 3.63) is 54.6 Å². The molecule has 0 saturated heterocycles. The van der Waals surface area contributed by atoms with Gasteiger partial charge in [0, 0.05) is 12.2 Å². The smallest absolute Gasteiger partial charge is 0.308 e. The number of para-hydroxylation sites is 1. The van der Waals surface area contributed by atoms with E-state index in [-0.39, 0.29) is 0 Å². The predicted molar refractivity (Wildman–Crippen MR) is 77.0 cm³/mol. The van der Waals surface area contributed by atoms with Crippen molar-refractivity contribution >= 4 is 23.7 Å². The second-order valence-corrected chi connectivity index (χ2v) is 7.17. The highest BCUT2D eigenvalue weighted by atomic mass is 31.2. The number of hydrogen-bond donors (Lipinski definition) is 0. The average molecular weight is 274 g/mol. The molecule has 0 aliphatic heterocycles. The second-order valence-electron chi connectivity index (χ2n) is 4.32. The number of carbonyl (C=O) groups is 1. The first-order valence-corrected chi connectivity index (χ1v) is 8.08. The van der Waals surface area contributed by atoms with Crippen LogP contribution in [0.15, 0.2) is 54.6 Å². The second kappa shape index (κ2) is 5.41. The lowest BCUT2D eigenvalue weighted by molar-refractivity contribution is -0.131. The van der Waals surface area contributed by atoms with E-state index in [0.29, 0.717) is 11.1 Å². The van der Waals surface area contributed by atoms with Gasteiger partial charge in [-0.05, 0) is 18.8 Å². The van der Waals surface area contributed by atoms with Gasteiger partial charge >= 0.3 is 5.97 Å². The molecule has 19 heavy (non-hydrogen) atoms. The fraction of sp³-hybridized carbons (Fsp3) is 0.133. The highest BCUT2D eigenvalue weighted by Crippen LogP contribution is 2.41. The molecule has 0 spiro atoms. The first-order valence-electron chi connectivity index (χ1n) is 5.93. The molecule has 0 heterocycles. The Morgan fingerprint density at radius 3 is 2.21 bits per heavy atom. The summed E-state index contributed by atoms with van der Waals surface area (Å²) in [6.07, 6.45) is 0. The molecular formula is C15H15O3P. The summed E-state index contributed by atoms with van der Waals surface area (Å²) in [6, 6.07) is 16.2. The number of rotatable bonds is 3. The Labute approximate surface area is 112 Å². The molecule has 4 heteroatoms. The third-order valence-electron chi connectivity index (χ3n) is 2.83. The van der Waals surface area contributed by atoms with Crippen LogP contribution in [0.25, 0.3) is 0 Å². The number of hydrogen-bond acceptors (Lipinski definition) is 3. The summed E-state index contributed by atoms with van der Waals surface area (Å²) >= 11 is 0. The van der Waals surface area contributed by atoms with Gasteiger partial charge in [-0.3, -0.25) is 4.79 Å². The SMILES string of the molecule is CC(=O)Oc1ccccc1P(C)(=O)c1ccccc1. The summed E-state index contributed by atoms with van der Waals surface area (Å²) in [4.78, 5) is 11.1. The van der Waals surface area contributed by atoms with Crippen molar-refractivity contribution < 1.29 is 14.1 Å². The Hall–Kier alpha value is -1.86. The normalized spacial score (nSPS) is 13.6. The molecule has 0 amide bonds. The zero-order valence-corrected chi connectivity index (χ0v) is 11.8. The van der Waals surface area contributed by atoms with Crippen molar-refractivity contribution in [2.24, 2.45) is 0 Å². The molecule has 0 N–H and O–H groups in total. The molecule has 0 saturated carbocycles. The molecule has 0 fully saturated rings. The minimum absolute atomic E-state index is 0.365. The van der Waals surface area contributed by atoms with E-state index in [1.165, 1.54) is 6.92 Å². The van der Waals surface area contributed by atoms with Crippen LogP contribution in [0.2, 0.25) is 0 Å². The number of benzene rings is 2. The van der Waals surface area contributed by atoms with Gasteiger partial charge in [0.05, 0.1) is 5.30 Å². The summed E-state index contributed by atoms with van der Waals surface area (Å²) in [5, 5.41) is 1.31. The quantitative estimate of drug-likeness (QED) is 0.491. The molecule has 0 radical (unpaired) electrons. The van der Waals surface area contributed by atoms with Crippen LogP contribution in [-0.2, 0) is 9.36 Å². The van der Waals surface area contributed by atoms with Crippen molar-refractivity contribution in [3.63, 3.8) is 0 Å². The van der Waals surface area contributed by atoms with Crippen LogP contribution in [0.4, 0.5) is 0 Å². The molecule has 1 atom stereocenters. The first kappa shape index (κ1) is 13.6. The van der Waals surface area contributed by atoms with Crippen LogP contribution in [0, 0.1) is 0 Å². The van der Waals surface area contributed by atoms with Crippen molar-refractivity contribution in [2.75, 3.05) is 6.66 Å². The van der Waals surface area contributed by atoms with E-state index in [4.69, 9.17) is 4.74 Å². The van der Waals surface area contributed by atoms with Crippen LogP contribution in [0.3, 0.4) is 0 Å². The highest BCUT2D eigenvalue weighted by Gasteiger charge is 2.25. The zero-order valence-electron chi connectivity index (χ0n) is 10.9. The lowest BCUT2D eigenvalue weighted by Gasteiger charge is -2.16. The summed E-state index contributed by atoms with van der Waals surface area (Å²) < 4.78 is 18.2. The predicted octanol–water partition coefficient (Wildman–Crippen LogP) is 2.56.